The summed E-state index contributed by atoms with van der Waals surface area (Å²) in [6, 6.07) is 6.93. The van der Waals surface area contributed by atoms with Gasteiger partial charge in [0.1, 0.15) is 11.9 Å². The Balaban J connectivity index is 1.71. The number of hydrogen-bond donors (Lipinski definition) is 2. The molecule has 2 N–H and O–H groups in total. The molecule has 2 amide bonds. The molecule has 1 aliphatic heterocycles. The fraction of sp³-hybridized carbons (Fsp3) is 0.542. The van der Waals surface area contributed by atoms with Gasteiger partial charge in [-0.2, -0.15) is 5.10 Å². The first-order valence-corrected chi connectivity index (χ1v) is 11.2. The van der Waals surface area contributed by atoms with Gasteiger partial charge in [-0.25, -0.2) is 4.68 Å². The number of carbonyl (C=O) groups excluding carboxylic acids is 2. The molecule has 1 aromatic carbocycles. The van der Waals surface area contributed by atoms with E-state index in [4.69, 9.17) is 5.10 Å². The van der Waals surface area contributed by atoms with E-state index >= 15 is 0 Å². The lowest BCUT2D eigenvalue weighted by atomic mass is 9.71. The molecule has 1 fully saturated rings. The minimum atomic E-state index is -0.577. The summed E-state index contributed by atoms with van der Waals surface area (Å²) in [5.74, 6) is 0.853. The number of hydrogen-bond acceptors (Lipinski definition) is 3. The maximum atomic E-state index is 13.2. The molecule has 1 aromatic heterocycles. The van der Waals surface area contributed by atoms with E-state index in [0.717, 1.165) is 48.4 Å². The van der Waals surface area contributed by atoms with Crippen LogP contribution in [0.4, 0.5) is 5.82 Å². The Bertz CT molecular complexity index is 943. The standard InChI is InChI=1S/C24H32N4O2/c1-4-13-28-22-19(16(3)27-28)20(17-10-6-5-7-11-17)21(24(30)26-22)25-23(29)18-12-8-9-15(2)14-18/h8-9,12,14,17,20-21H,4-7,10-11,13H2,1-3H3,(H,25,29)(H,26,30)/t20?,21-/m0/s1. The molecule has 0 radical (unpaired) electrons. The van der Waals surface area contributed by atoms with E-state index in [1.807, 2.05) is 36.7 Å². The van der Waals surface area contributed by atoms with Gasteiger partial charge in [-0.15, -0.1) is 0 Å². The molecule has 0 bridgehead atoms. The number of aromatic nitrogens is 2. The number of carbonyl (C=O) groups is 2. The molecule has 30 heavy (non-hydrogen) atoms. The van der Waals surface area contributed by atoms with Gasteiger partial charge in [-0.1, -0.05) is 43.9 Å². The maximum Gasteiger partial charge on any atom is 0.251 e. The summed E-state index contributed by atoms with van der Waals surface area (Å²) in [6.07, 6.45) is 6.73. The van der Waals surface area contributed by atoms with Crippen molar-refractivity contribution in [1.82, 2.24) is 15.1 Å². The van der Waals surface area contributed by atoms with Crippen LogP contribution in [0.3, 0.4) is 0 Å². The van der Waals surface area contributed by atoms with Gasteiger partial charge in [-0.3, -0.25) is 9.59 Å². The molecular weight excluding hydrogens is 376 g/mol. The van der Waals surface area contributed by atoms with Gasteiger partial charge in [0.15, 0.2) is 0 Å². The third-order valence-corrected chi connectivity index (χ3v) is 6.55. The molecular formula is C24H32N4O2. The highest BCUT2D eigenvalue weighted by Crippen LogP contribution is 2.45. The van der Waals surface area contributed by atoms with Crippen LogP contribution in [0.1, 0.15) is 78.5 Å². The van der Waals surface area contributed by atoms with E-state index in [1.54, 1.807) is 6.07 Å². The Hall–Kier alpha value is -2.63. The predicted molar refractivity (Wildman–Crippen MR) is 118 cm³/mol. The molecule has 1 unspecified atom stereocenters. The molecule has 4 rings (SSSR count). The molecule has 6 heteroatoms. The van der Waals surface area contributed by atoms with Gasteiger partial charge in [0.25, 0.3) is 5.91 Å². The van der Waals surface area contributed by atoms with Crippen LogP contribution >= 0.6 is 0 Å². The average molecular weight is 409 g/mol. The van der Waals surface area contributed by atoms with Crippen molar-refractivity contribution in [2.75, 3.05) is 5.32 Å². The van der Waals surface area contributed by atoms with Crippen LogP contribution < -0.4 is 10.6 Å². The van der Waals surface area contributed by atoms with Crippen molar-refractivity contribution in [2.45, 2.75) is 77.8 Å². The molecule has 160 valence electrons. The number of aryl methyl sites for hydroxylation is 3. The van der Waals surface area contributed by atoms with Crippen molar-refractivity contribution < 1.29 is 9.59 Å². The molecule has 0 spiro atoms. The second-order valence-corrected chi connectivity index (χ2v) is 8.80. The zero-order valence-corrected chi connectivity index (χ0v) is 18.2. The number of anilines is 1. The summed E-state index contributed by atoms with van der Waals surface area (Å²) in [7, 11) is 0. The molecule has 2 aromatic rings. The smallest absolute Gasteiger partial charge is 0.251 e. The predicted octanol–water partition coefficient (Wildman–Crippen LogP) is 4.32. The van der Waals surface area contributed by atoms with Crippen molar-refractivity contribution in [3.8, 4) is 0 Å². The number of nitrogens with one attached hydrogen (secondary N) is 2. The van der Waals surface area contributed by atoms with Crippen LogP contribution in [-0.2, 0) is 11.3 Å². The van der Waals surface area contributed by atoms with Crippen LogP contribution in [0.25, 0.3) is 0 Å². The van der Waals surface area contributed by atoms with Crippen LogP contribution in [0, 0.1) is 19.8 Å². The van der Waals surface area contributed by atoms with E-state index in [9.17, 15) is 9.59 Å². The van der Waals surface area contributed by atoms with Crippen LogP contribution in [-0.4, -0.2) is 27.6 Å². The van der Waals surface area contributed by atoms with E-state index in [1.165, 1.54) is 19.3 Å². The van der Waals surface area contributed by atoms with Gasteiger partial charge in [0.2, 0.25) is 5.91 Å². The Kier molecular flexibility index (Phi) is 5.93. The van der Waals surface area contributed by atoms with Crippen LogP contribution in [0.5, 0.6) is 0 Å². The Morgan fingerprint density at radius 1 is 1.23 bits per heavy atom. The Labute approximate surface area is 178 Å². The third-order valence-electron chi connectivity index (χ3n) is 6.55. The zero-order chi connectivity index (χ0) is 21.3. The summed E-state index contributed by atoms with van der Waals surface area (Å²) >= 11 is 0. The van der Waals surface area contributed by atoms with Crippen molar-refractivity contribution in [1.29, 1.82) is 0 Å². The summed E-state index contributed by atoms with van der Waals surface area (Å²) in [5, 5.41) is 10.9. The molecule has 6 nitrogen and oxygen atoms in total. The fourth-order valence-electron chi connectivity index (χ4n) is 5.19. The fourth-order valence-corrected chi connectivity index (χ4v) is 5.19. The normalized spacial score (nSPS) is 21.8. The Morgan fingerprint density at radius 2 is 2.00 bits per heavy atom. The highest BCUT2D eigenvalue weighted by atomic mass is 16.2. The highest BCUT2D eigenvalue weighted by Gasteiger charge is 2.44. The highest BCUT2D eigenvalue weighted by molar-refractivity contribution is 6.03. The largest absolute Gasteiger partial charge is 0.340 e. The minimum absolute atomic E-state index is 0.0339. The van der Waals surface area contributed by atoms with Crippen LogP contribution in [0.15, 0.2) is 24.3 Å². The van der Waals surface area contributed by atoms with E-state index < -0.39 is 6.04 Å². The molecule has 1 aliphatic carbocycles. The van der Waals surface area contributed by atoms with Crippen LogP contribution in [0.2, 0.25) is 0 Å². The summed E-state index contributed by atoms with van der Waals surface area (Å²) in [5.41, 5.74) is 3.70. The lowest BCUT2D eigenvalue weighted by molar-refractivity contribution is -0.119. The Morgan fingerprint density at radius 3 is 2.70 bits per heavy atom. The molecule has 2 atom stereocenters. The SMILES string of the molecule is CCCn1nc(C)c2c1NC(=O)[C@@H](NC(=O)c1cccc(C)c1)C2C1CCCCC1. The van der Waals surface area contributed by atoms with Crippen molar-refractivity contribution in [3.05, 3.63) is 46.6 Å². The van der Waals surface area contributed by atoms with Gasteiger partial charge in [0, 0.05) is 23.6 Å². The summed E-state index contributed by atoms with van der Waals surface area (Å²) < 4.78 is 1.93. The first-order valence-electron chi connectivity index (χ1n) is 11.2. The van der Waals surface area contributed by atoms with E-state index in [2.05, 4.69) is 17.6 Å². The van der Waals surface area contributed by atoms with Gasteiger partial charge in [-0.05, 0) is 51.2 Å². The number of nitrogens with zero attached hydrogens (tertiary/aromatic N) is 2. The molecule has 2 heterocycles. The maximum absolute atomic E-state index is 13.2. The number of rotatable bonds is 5. The average Bonchev–Trinajstić information content (AvgIpc) is 3.04. The van der Waals surface area contributed by atoms with Gasteiger partial charge < -0.3 is 10.6 Å². The second-order valence-electron chi connectivity index (χ2n) is 8.80. The minimum Gasteiger partial charge on any atom is -0.340 e. The quantitative estimate of drug-likeness (QED) is 0.773. The lowest BCUT2D eigenvalue weighted by Gasteiger charge is -2.39. The summed E-state index contributed by atoms with van der Waals surface area (Å²) in [4.78, 5) is 26.3. The first-order chi connectivity index (χ1) is 14.5. The third kappa shape index (κ3) is 3.87. The number of benzene rings is 1. The lowest BCUT2D eigenvalue weighted by Crippen LogP contribution is -2.52. The van der Waals surface area contributed by atoms with Crippen molar-refractivity contribution in [2.24, 2.45) is 5.92 Å². The molecule has 0 saturated heterocycles. The topological polar surface area (TPSA) is 76.0 Å². The van der Waals surface area contributed by atoms with Gasteiger partial charge >= 0.3 is 0 Å². The van der Waals surface area contributed by atoms with Crippen molar-refractivity contribution >= 4 is 17.6 Å². The second kappa shape index (κ2) is 8.62. The number of fused-ring (bicyclic) bond motifs is 1. The molecule has 1 saturated carbocycles. The zero-order valence-electron chi connectivity index (χ0n) is 18.2. The van der Waals surface area contributed by atoms with E-state index in [0.29, 0.717) is 11.5 Å². The van der Waals surface area contributed by atoms with E-state index in [-0.39, 0.29) is 17.7 Å². The first kappa shape index (κ1) is 20.6. The molecule has 2 aliphatic rings. The monoisotopic (exact) mass is 408 g/mol. The number of amides is 2. The van der Waals surface area contributed by atoms with Gasteiger partial charge in [0.05, 0.1) is 5.69 Å². The summed E-state index contributed by atoms with van der Waals surface area (Å²) in [6.45, 7) is 6.87. The van der Waals surface area contributed by atoms with Crippen molar-refractivity contribution in [3.63, 3.8) is 0 Å².